The predicted octanol–water partition coefficient (Wildman–Crippen LogP) is 4.85. The Kier molecular flexibility index (Phi) is 8.59. The standard InChI is InChI=1S/C28H38N2O4/c1-20(27(32)29-23-8-6-7-9-23)30(18-21-10-14-24(33-5)15-11-21)26(31)19-34-25-16-12-22(13-17-25)28(2,3)4/h10-17,20,23H,6-9,18-19H2,1-5H3,(H,29,32). The monoisotopic (exact) mass is 466 g/mol. The van der Waals surface area contributed by atoms with Gasteiger partial charge in [0.05, 0.1) is 7.11 Å². The first-order chi connectivity index (χ1) is 16.2. The van der Waals surface area contributed by atoms with Crippen LogP contribution in [-0.2, 0) is 21.5 Å². The van der Waals surface area contributed by atoms with E-state index in [2.05, 4.69) is 26.1 Å². The molecule has 0 heterocycles. The molecular weight excluding hydrogens is 428 g/mol. The highest BCUT2D eigenvalue weighted by Gasteiger charge is 2.28. The van der Waals surface area contributed by atoms with E-state index in [1.54, 1.807) is 18.9 Å². The molecule has 0 saturated heterocycles. The van der Waals surface area contributed by atoms with E-state index in [0.717, 1.165) is 37.0 Å². The van der Waals surface area contributed by atoms with E-state index in [1.807, 2.05) is 48.5 Å². The topological polar surface area (TPSA) is 67.9 Å². The Bertz CT molecular complexity index is 942. The number of nitrogens with one attached hydrogen (secondary N) is 1. The van der Waals surface area contributed by atoms with Gasteiger partial charge in [-0.2, -0.15) is 0 Å². The lowest BCUT2D eigenvalue weighted by Gasteiger charge is -2.29. The molecule has 6 nitrogen and oxygen atoms in total. The second-order valence-electron chi connectivity index (χ2n) is 10.1. The van der Waals surface area contributed by atoms with Crippen molar-refractivity contribution >= 4 is 11.8 Å². The van der Waals surface area contributed by atoms with Crippen molar-refractivity contribution in [2.45, 2.75) is 77.4 Å². The van der Waals surface area contributed by atoms with Crippen molar-refractivity contribution in [1.82, 2.24) is 10.2 Å². The van der Waals surface area contributed by atoms with Crippen LogP contribution < -0.4 is 14.8 Å². The van der Waals surface area contributed by atoms with Gasteiger partial charge < -0.3 is 19.7 Å². The van der Waals surface area contributed by atoms with Gasteiger partial charge in [0.1, 0.15) is 17.5 Å². The maximum Gasteiger partial charge on any atom is 0.261 e. The molecule has 0 aliphatic heterocycles. The number of hydrogen-bond donors (Lipinski definition) is 1. The van der Waals surface area contributed by atoms with Gasteiger partial charge in [-0.25, -0.2) is 0 Å². The molecule has 34 heavy (non-hydrogen) atoms. The van der Waals surface area contributed by atoms with E-state index >= 15 is 0 Å². The highest BCUT2D eigenvalue weighted by molar-refractivity contribution is 5.88. The first-order valence-electron chi connectivity index (χ1n) is 12.1. The van der Waals surface area contributed by atoms with Gasteiger partial charge in [-0.3, -0.25) is 9.59 Å². The summed E-state index contributed by atoms with van der Waals surface area (Å²) in [7, 11) is 1.62. The summed E-state index contributed by atoms with van der Waals surface area (Å²) in [5.74, 6) is 1.03. The Morgan fingerprint density at radius 2 is 1.59 bits per heavy atom. The molecule has 0 radical (unpaired) electrons. The third kappa shape index (κ3) is 6.99. The number of ether oxygens (including phenoxy) is 2. The SMILES string of the molecule is COc1ccc(CN(C(=O)COc2ccc(C(C)(C)C)cc2)C(C)C(=O)NC2CCCC2)cc1. The van der Waals surface area contributed by atoms with Crippen LogP contribution in [0, 0.1) is 0 Å². The molecule has 1 unspecified atom stereocenters. The number of benzene rings is 2. The van der Waals surface area contributed by atoms with E-state index in [9.17, 15) is 9.59 Å². The predicted molar refractivity (Wildman–Crippen MR) is 134 cm³/mol. The van der Waals surface area contributed by atoms with Crippen LogP contribution in [0.15, 0.2) is 48.5 Å². The number of nitrogens with zero attached hydrogens (tertiary/aromatic N) is 1. The van der Waals surface area contributed by atoms with Gasteiger partial charge in [0.15, 0.2) is 6.61 Å². The molecule has 3 rings (SSSR count). The first-order valence-corrected chi connectivity index (χ1v) is 12.1. The maximum atomic E-state index is 13.2. The lowest BCUT2D eigenvalue weighted by atomic mass is 9.87. The smallest absolute Gasteiger partial charge is 0.261 e. The third-order valence-electron chi connectivity index (χ3n) is 6.46. The van der Waals surface area contributed by atoms with Gasteiger partial charge in [-0.1, -0.05) is 57.9 Å². The molecule has 1 aliphatic rings. The van der Waals surface area contributed by atoms with Crippen molar-refractivity contribution in [3.05, 3.63) is 59.7 Å². The molecule has 0 aromatic heterocycles. The third-order valence-corrected chi connectivity index (χ3v) is 6.46. The van der Waals surface area contributed by atoms with Gasteiger partial charge in [0.25, 0.3) is 5.91 Å². The van der Waals surface area contributed by atoms with Crippen molar-refractivity contribution in [3.63, 3.8) is 0 Å². The van der Waals surface area contributed by atoms with Crippen LogP contribution in [0.3, 0.4) is 0 Å². The second kappa shape index (κ2) is 11.4. The molecule has 1 N–H and O–H groups in total. The van der Waals surface area contributed by atoms with Crippen LogP contribution in [0.25, 0.3) is 0 Å². The van der Waals surface area contributed by atoms with E-state index in [-0.39, 0.29) is 29.9 Å². The molecular formula is C28H38N2O4. The Hall–Kier alpha value is -3.02. The number of methoxy groups -OCH3 is 1. The zero-order valence-corrected chi connectivity index (χ0v) is 21.1. The minimum absolute atomic E-state index is 0.0472. The van der Waals surface area contributed by atoms with Gasteiger partial charge in [0.2, 0.25) is 5.91 Å². The fraction of sp³-hybridized carbons (Fsp3) is 0.500. The molecule has 2 aromatic rings. The number of rotatable bonds is 9. The van der Waals surface area contributed by atoms with Gasteiger partial charge in [-0.15, -0.1) is 0 Å². The average molecular weight is 467 g/mol. The van der Waals surface area contributed by atoms with E-state index in [0.29, 0.717) is 12.3 Å². The van der Waals surface area contributed by atoms with Crippen molar-refractivity contribution in [1.29, 1.82) is 0 Å². The zero-order valence-electron chi connectivity index (χ0n) is 21.1. The Morgan fingerprint density at radius 3 is 2.15 bits per heavy atom. The van der Waals surface area contributed by atoms with E-state index < -0.39 is 6.04 Å². The first kappa shape index (κ1) is 25.6. The summed E-state index contributed by atoms with van der Waals surface area (Å²) in [4.78, 5) is 27.8. The van der Waals surface area contributed by atoms with Gasteiger partial charge >= 0.3 is 0 Å². The summed E-state index contributed by atoms with van der Waals surface area (Å²) in [5, 5.41) is 3.12. The molecule has 0 bridgehead atoms. The molecule has 2 amide bonds. The van der Waals surface area contributed by atoms with Crippen LogP contribution >= 0.6 is 0 Å². The van der Waals surface area contributed by atoms with E-state index in [4.69, 9.17) is 9.47 Å². The quantitative estimate of drug-likeness (QED) is 0.574. The number of carbonyl (C=O) groups excluding carboxylic acids is 2. The lowest BCUT2D eigenvalue weighted by Crippen LogP contribution is -2.50. The fourth-order valence-electron chi connectivity index (χ4n) is 4.18. The molecule has 1 aliphatic carbocycles. The minimum atomic E-state index is -0.609. The van der Waals surface area contributed by atoms with Crippen LogP contribution in [0.5, 0.6) is 11.5 Å². The largest absolute Gasteiger partial charge is 0.497 e. The minimum Gasteiger partial charge on any atom is -0.497 e. The summed E-state index contributed by atoms with van der Waals surface area (Å²) in [6.07, 6.45) is 4.27. The van der Waals surface area contributed by atoms with Gasteiger partial charge in [-0.05, 0) is 60.6 Å². The fourth-order valence-corrected chi connectivity index (χ4v) is 4.18. The molecule has 1 saturated carbocycles. The summed E-state index contributed by atoms with van der Waals surface area (Å²) < 4.78 is 11.0. The molecule has 1 fully saturated rings. The Balaban J connectivity index is 1.70. The van der Waals surface area contributed by atoms with Gasteiger partial charge in [0, 0.05) is 12.6 Å². The number of amides is 2. The average Bonchev–Trinajstić information content (AvgIpc) is 3.33. The molecule has 0 spiro atoms. The number of hydrogen-bond acceptors (Lipinski definition) is 4. The molecule has 1 atom stereocenters. The molecule has 6 heteroatoms. The summed E-state index contributed by atoms with van der Waals surface area (Å²) in [5.41, 5.74) is 2.17. The Morgan fingerprint density at radius 1 is 1.00 bits per heavy atom. The van der Waals surface area contributed by atoms with E-state index in [1.165, 1.54) is 5.56 Å². The normalized spacial score (nSPS) is 15.0. The highest BCUT2D eigenvalue weighted by atomic mass is 16.5. The van der Waals surface area contributed by atoms with Crippen molar-refractivity contribution in [3.8, 4) is 11.5 Å². The summed E-state index contributed by atoms with van der Waals surface area (Å²) >= 11 is 0. The van der Waals surface area contributed by atoms with Crippen LogP contribution in [0.1, 0.15) is 64.5 Å². The summed E-state index contributed by atoms with van der Waals surface area (Å²) in [6, 6.07) is 14.9. The number of carbonyl (C=O) groups is 2. The van der Waals surface area contributed by atoms with Crippen LogP contribution in [-0.4, -0.2) is 42.5 Å². The summed E-state index contributed by atoms with van der Waals surface area (Å²) in [6.45, 7) is 8.43. The van der Waals surface area contributed by atoms with Crippen LogP contribution in [0.2, 0.25) is 0 Å². The second-order valence-corrected chi connectivity index (χ2v) is 10.1. The Labute approximate surface area is 203 Å². The van der Waals surface area contributed by atoms with Crippen LogP contribution in [0.4, 0.5) is 0 Å². The molecule has 2 aromatic carbocycles. The van der Waals surface area contributed by atoms with Crippen molar-refractivity contribution in [2.24, 2.45) is 0 Å². The lowest BCUT2D eigenvalue weighted by molar-refractivity contribution is -0.142. The zero-order chi connectivity index (χ0) is 24.7. The van der Waals surface area contributed by atoms with Crippen molar-refractivity contribution < 1.29 is 19.1 Å². The highest BCUT2D eigenvalue weighted by Crippen LogP contribution is 2.24. The maximum absolute atomic E-state index is 13.2. The van der Waals surface area contributed by atoms with Crippen molar-refractivity contribution in [2.75, 3.05) is 13.7 Å². The molecule has 184 valence electrons.